The number of rotatable bonds is 22. The van der Waals surface area contributed by atoms with E-state index in [4.69, 9.17) is 38.4 Å². The van der Waals surface area contributed by atoms with Crippen LogP contribution in [0.3, 0.4) is 0 Å². The first-order valence-electron chi connectivity index (χ1n) is 23.2. The van der Waals surface area contributed by atoms with Gasteiger partial charge in [-0.15, -0.1) is 0 Å². The molecule has 0 radical (unpaired) electrons. The number of aryl methyl sites for hydroxylation is 1. The van der Waals surface area contributed by atoms with Crippen LogP contribution in [0.4, 0.5) is 28.4 Å². The lowest BCUT2D eigenvalue weighted by molar-refractivity contribution is -0.137. The maximum absolute atomic E-state index is 14.1. The predicted molar refractivity (Wildman–Crippen MR) is 266 cm³/mol. The first kappa shape index (κ1) is 48.2. The second-order valence-electron chi connectivity index (χ2n) is 16.8. The number of carboxylic acid groups (broad SMARTS) is 1. The highest BCUT2D eigenvalue weighted by Gasteiger charge is 2.36. The Morgan fingerprint density at radius 1 is 0.783 bits per heavy atom. The van der Waals surface area contributed by atoms with Crippen molar-refractivity contribution in [1.82, 2.24) is 5.32 Å². The highest BCUT2D eigenvalue weighted by atomic mass is 16.5. The summed E-state index contributed by atoms with van der Waals surface area (Å²) in [7, 11) is 4.92. The zero-order valence-electron chi connectivity index (χ0n) is 39.2. The second-order valence-corrected chi connectivity index (χ2v) is 16.8. The van der Waals surface area contributed by atoms with E-state index >= 15 is 0 Å². The normalized spacial score (nSPS) is 14.7. The fraction of sp³-hybridized carbons (Fsp3) is 0.340. The molecule has 360 valence electrons. The van der Waals surface area contributed by atoms with E-state index in [1.807, 2.05) is 86.2 Å². The van der Waals surface area contributed by atoms with Gasteiger partial charge in [0, 0.05) is 74.1 Å². The van der Waals surface area contributed by atoms with Gasteiger partial charge in [-0.2, -0.15) is 0 Å². The lowest BCUT2D eigenvalue weighted by Crippen LogP contribution is -2.37. The maximum Gasteiger partial charge on any atom is 0.303 e. The Kier molecular flexibility index (Phi) is 16.2. The van der Waals surface area contributed by atoms with Gasteiger partial charge in [-0.25, -0.2) is 0 Å². The molecule has 3 aliphatic heterocycles. The van der Waals surface area contributed by atoms with Crippen LogP contribution < -0.4 is 39.4 Å². The van der Waals surface area contributed by atoms with Crippen molar-refractivity contribution in [3.05, 3.63) is 124 Å². The molecule has 5 aromatic rings. The fourth-order valence-electron chi connectivity index (χ4n) is 8.61. The standard InChI is InChI=1S/C53H58N6O10/c1-54-17-20-66-22-23-67-21-19-58(18-9-15-51(60)61)39-25-35(33-68-49-30-44-41(28-47(49)64-2)52(62)57-43-13-6-4-10-37(43)12-8-16-55-44)24-36(26-39)34-69-50-31-45-42(29-48(50)65-3)53(63)59-40(32-56-45)27-38-11-5-7-14-46(38)59/h4-7,10-11,13-14,16,24-26,28-32,40,54H,8-9,12,15,17-23,27,33-34H2,1-3H3,(H,57,62)(H,60,61)/t40-/m0/s1. The third-order valence-electron chi connectivity index (χ3n) is 12.1. The van der Waals surface area contributed by atoms with Crippen LogP contribution in [-0.4, -0.2) is 109 Å². The molecule has 0 aliphatic carbocycles. The molecule has 16 nitrogen and oxygen atoms in total. The maximum atomic E-state index is 14.1. The number of carboxylic acids is 1. The third kappa shape index (κ3) is 11.9. The summed E-state index contributed by atoms with van der Waals surface area (Å²) in [4.78, 5) is 52.8. The SMILES string of the molecule is CNCCOCCOCCN(CCCC(=O)O)c1cc(COc2cc3c(cc2OC)C(=O)Nc2ccccc2CCC=N3)cc(COc2cc3c(cc2OC)C(=O)N2c4ccccc4C[C@H]2C=N3)c1. The summed E-state index contributed by atoms with van der Waals surface area (Å²) in [5, 5.41) is 15.7. The van der Waals surface area contributed by atoms with E-state index in [0.29, 0.717) is 111 Å². The number of carbonyl (C=O) groups is 3. The van der Waals surface area contributed by atoms with Gasteiger partial charge in [-0.3, -0.25) is 29.3 Å². The number of aliphatic carboxylic acids is 1. The Hall–Kier alpha value is -7.27. The molecule has 3 aliphatic rings. The van der Waals surface area contributed by atoms with Crippen molar-refractivity contribution in [3.8, 4) is 23.0 Å². The molecule has 0 spiro atoms. The Labute approximate surface area is 401 Å². The Balaban J connectivity index is 1.07. The summed E-state index contributed by atoms with van der Waals surface area (Å²) in [5.74, 6) is 0.162. The fourth-order valence-corrected chi connectivity index (χ4v) is 8.61. The molecule has 3 N–H and O–H groups in total. The second kappa shape index (κ2) is 23.2. The quantitative estimate of drug-likeness (QED) is 0.0571. The van der Waals surface area contributed by atoms with Gasteiger partial charge in [0.05, 0.1) is 69.2 Å². The van der Waals surface area contributed by atoms with Crippen LogP contribution in [0.5, 0.6) is 23.0 Å². The van der Waals surface area contributed by atoms with Crippen LogP contribution in [0.15, 0.2) is 101 Å². The minimum Gasteiger partial charge on any atom is -0.493 e. The topological polar surface area (TPSA) is 182 Å². The number of hydrogen-bond acceptors (Lipinski definition) is 13. The Morgan fingerprint density at radius 2 is 1.45 bits per heavy atom. The lowest BCUT2D eigenvalue weighted by atomic mass is 10.1. The zero-order valence-corrected chi connectivity index (χ0v) is 39.2. The predicted octanol–water partition coefficient (Wildman–Crippen LogP) is 7.97. The summed E-state index contributed by atoms with van der Waals surface area (Å²) in [6.45, 7) is 3.63. The van der Waals surface area contributed by atoms with Gasteiger partial charge in [0.1, 0.15) is 13.2 Å². The molecule has 0 bridgehead atoms. The van der Waals surface area contributed by atoms with Crippen molar-refractivity contribution < 1.29 is 47.9 Å². The molecule has 8 rings (SSSR count). The minimum absolute atomic E-state index is 0.00526. The molecule has 3 heterocycles. The van der Waals surface area contributed by atoms with E-state index in [1.54, 1.807) is 29.2 Å². The third-order valence-corrected chi connectivity index (χ3v) is 12.1. The number of methoxy groups -OCH3 is 2. The van der Waals surface area contributed by atoms with Gasteiger partial charge in [0.25, 0.3) is 11.8 Å². The van der Waals surface area contributed by atoms with Crippen molar-refractivity contribution in [2.45, 2.75) is 51.4 Å². The number of ether oxygens (including phenoxy) is 6. The van der Waals surface area contributed by atoms with Crippen molar-refractivity contribution in [2.24, 2.45) is 9.98 Å². The van der Waals surface area contributed by atoms with Crippen LogP contribution >= 0.6 is 0 Å². The Bertz CT molecular complexity index is 2670. The number of para-hydroxylation sites is 2. The zero-order chi connectivity index (χ0) is 48.1. The first-order valence-corrected chi connectivity index (χ1v) is 23.2. The van der Waals surface area contributed by atoms with Crippen LogP contribution in [0.2, 0.25) is 0 Å². The number of benzene rings is 5. The summed E-state index contributed by atoms with van der Waals surface area (Å²) in [5.41, 5.74) is 7.76. The molecule has 69 heavy (non-hydrogen) atoms. The molecular weight excluding hydrogens is 881 g/mol. The Morgan fingerprint density at radius 3 is 2.16 bits per heavy atom. The molecule has 5 aromatic carbocycles. The van der Waals surface area contributed by atoms with Crippen molar-refractivity contribution in [1.29, 1.82) is 0 Å². The largest absolute Gasteiger partial charge is 0.493 e. The summed E-state index contributed by atoms with van der Waals surface area (Å²) in [6, 6.07) is 28.1. The van der Waals surface area contributed by atoms with E-state index < -0.39 is 5.97 Å². The van der Waals surface area contributed by atoms with Crippen LogP contribution in [0, 0.1) is 0 Å². The van der Waals surface area contributed by atoms with Crippen molar-refractivity contribution in [2.75, 3.05) is 82.4 Å². The molecule has 0 saturated carbocycles. The van der Waals surface area contributed by atoms with Gasteiger partial charge in [-0.1, -0.05) is 36.4 Å². The number of amides is 2. The average Bonchev–Trinajstić information content (AvgIpc) is 3.68. The number of likely N-dealkylation sites (N-methyl/N-ethyl adjacent to an activating group) is 1. The van der Waals surface area contributed by atoms with Crippen molar-refractivity contribution >= 4 is 58.6 Å². The van der Waals surface area contributed by atoms with E-state index in [2.05, 4.69) is 15.5 Å². The minimum atomic E-state index is -0.879. The van der Waals surface area contributed by atoms with E-state index in [-0.39, 0.29) is 37.5 Å². The lowest BCUT2D eigenvalue weighted by Gasteiger charge is -2.26. The average molecular weight is 939 g/mol. The summed E-state index contributed by atoms with van der Waals surface area (Å²) in [6.07, 6.45) is 6.08. The van der Waals surface area contributed by atoms with Crippen molar-refractivity contribution in [3.63, 3.8) is 0 Å². The summed E-state index contributed by atoms with van der Waals surface area (Å²) >= 11 is 0. The molecule has 2 amide bonds. The molecule has 0 unspecified atom stereocenters. The van der Waals surface area contributed by atoms with Crippen LogP contribution in [0.1, 0.15) is 62.2 Å². The van der Waals surface area contributed by atoms with Crippen LogP contribution in [0.25, 0.3) is 0 Å². The molecule has 0 saturated heterocycles. The summed E-state index contributed by atoms with van der Waals surface area (Å²) < 4.78 is 36.2. The highest BCUT2D eigenvalue weighted by molar-refractivity contribution is 6.15. The van der Waals surface area contributed by atoms with Gasteiger partial charge >= 0.3 is 5.97 Å². The number of nitrogens with zero attached hydrogens (tertiary/aromatic N) is 4. The number of aliphatic imine (C=N–C) groups is 2. The smallest absolute Gasteiger partial charge is 0.303 e. The van der Waals surface area contributed by atoms with Crippen LogP contribution in [-0.2, 0) is 40.3 Å². The molecule has 16 heteroatoms. The van der Waals surface area contributed by atoms with Gasteiger partial charge in [-0.05, 0) is 91.0 Å². The number of anilines is 3. The molecule has 0 fully saturated rings. The number of fused-ring (bicyclic) bond motifs is 6. The monoisotopic (exact) mass is 938 g/mol. The number of hydrogen-bond donors (Lipinski definition) is 3. The van der Waals surface area contributed by atoms with E-state index in [0.717, 1.165) is 45.9 Å². The van der Waals surface area contributed by atoms with E-state index in [9.17, 15) is 19.5 Å². The first-order chi connectivity index (χ1) is 33.7. The molecule has 1 atom stereocenters. The number of carbonyl (C=O) groups excluding carboxylic acids is 2. The van der Waals surface area contributed by atoms with Gasteiger partial charge < -0.3 is 49.1 Å². The van der Waals surface area contributed by atoms with E-state index in [1.165, 1.54) is 14.2 Å². The van der Waals surface area contributed by atoms with Gasteiger partial charge in [0.15, 0.2) is 23.0 Å². The molecular formula is C53H58N6O10. The van der Waals surface area contributed by atoms with Gasteiger partial charge in [0.2, 0.25) is 0 Å². The molecule has 0 aromatic heterocycles. The highest BCUT2D eigenvalue weighted by Crippen LogP contribution is 2.42. The number of nitrogens with one attached hydrogen (secondary N) is 2.